The van der Waals surface area contributed by atoms with Crippen molar-refractivity contribution in [2.24, 2.45) is 0 Å². The van der Waals surface area contributed by atoms with Gasteiger partial charge in [-0.15, -0.1) is 0 Å². The molecule has 2 N–H and O–H groups in total. The first-order valence-electron chi connectivity index (χ1n) is 7.67. The molecule has 0 radical (unpaired) electrons. The van der Waals surface area contributed by atoms with Crippen LogP contribution in [0.5, 0.6) is 11.5 Å². The topological polar surface area (TPSA) is 64.0 Å². The predicted molar refractivity (Wildman–Crippen MR) is 89.1 cm³/mol. The van der Waals surface area contributed by atoms with Gasteiger partial charge in [0.05, 0.1) is 0 Å². The Hall–Kier alpha value is -2.69. The van der Waals surface area contributed by atoms with Crippen molar-refractivity contribution >= 4 is 11.6 Å². The van der Waals surface area contributed by atoms with Crippen molar-refractivity contribution in [1.29, 1.82) is 0 Å². The lowest BCUT2D eigenvalue weighted by atomic mass is 10.1. The molecule has 1 aliphatic rings. The van der Waals surface area contributed by atoms with Gasteiger partial charge in [0.1, 0.15) is 0 Å². The molecule has 1 heterocycles. The molecule has 3 rings (SSSR count). The number of hydrogen-bond acceptors (Lipinski definition) is 4. The Morgan fingerprint density at radius 2 is 1.70 bits per heavy atom. The third-order valence-electron chi connectivity index (χ3n) is 4.16. The zero-order valence-corrected chi connectivity index (χ0v) is 13.1. The summed E-state index contributed by atoms with van der Waals surface area (Å²) >= 11 is 0. The third kappa shape index (κ3) is 3.23. The first-order valence-corrected chi connectivity index (χ1v) is 7.67. The van der Waals surface area contributed by atoms with E-state index in [9.17, 15) is 15.0 Å². The van der Waals surface area contributed by atoms with Gasteiger partial charge in [-0.2, -0.15) is 0 Å². The standard InChI is InChI=1S/C18H20N2O3/c1-13-3-2-4-15(11-13)19-7-9-20(10-8-19)18(23)14-5-6-16(21)17(22)12-14/h2-6,11-12,21-22H,7-10H2,1H3. The summed E-state index contributed by atoms with van der Waals surface area (Å²) in [5, 5.41) is 18.9. The number of carbonyl (C=O) groups is 1. The SMILES string of the molecule is Cc1cccc(N2CCN(C(=O)c3ccc(O)c(O)c3)CC2)c1. The van der Waals surface area contributed by atoms with Gasteiger partial charge in [-0.25, -0.2) is 0 Å². The molecule has 120 valence electrons. The molecule has 0 aromatic heterocycles. The largest absolute Gasteiger partial charge is 0.504 e. The van der Waals surface area contributed by atoms with Crippen LogP contribution in [0.25, 0.3) is 0 Å². The van der Waals surface area contributed by atoms with E-state index < -0.39 is 0 Å². The molecule has 1 amide bonds. The zero-order chi connectivity index (χ0) is 16.4. The number of nitrogens with zero attached hydrogens (tertiary/aromatic N) is 2. The first kappa shape index (κ1) is 15.2. The van der Waals surface area contributed by atoms with E-state index in [1.54, 1.807) is 4.90 Å². The van der Waals surface area contributed by atoms with Gasteiger partial charge in [-0.1, -0.05) is 12.1 Å². The van der Waals surface area contributed by atoms with Crippen molar-refractivity contribution in [1.82, 2.24) is 4.90 Å². The minimum absolute atomic E-state index is 0.121. The summed E-state index contributed by atoms with van der Waals surface area (Å²) in [5.74, 6) is -0.607. The summed E-state index contributed by atoms with van der Waals surface area (Å²) in [6, 6.07) is 12.5. The number of rotatable bonds is 2. The quantitative estimate of drug-likeness (QED) is 0.836. The molecular formula is C18H20N2O3. The maximum atomic E-state index is 12.5. The van der Waals surface area contributed by atoms with Crippen LogP contribution < -0.4 is 4.90 Å². The average molecular weight is 312 g/mol. The summed E-state index contributed by atoms with van der Waals surface area (Å²) < 4.78 is 0. The summed E-state index contributed by atoms with van der Waals surface area (Å²) in [6.45, 7) is 4.89. The van der Waals surface area contributed by atoms with Gasteiger partial charge < -0.3 is 20.0 Å². The second kappa shape index (κ2) is 6.20. The van der Waals surface area contributed by atoms with Crippen LogP contribution in [0, 0.1) is 6.92 Å². The van der Waals surface area contributed by atoms with E-state index in [0.717, 1.165) is 13.1 Å². The van der Waals surface area contributed by atoms with Crippen LogP contribution in [0.4, 0.5) is 5.69 Å². The number of phenolic OH excluding ortho intramolecular Hbond substituents is 2. The molecule has 2 aromatic carbocycles. The van der Waals surface area contributed by atoms with Crippen LogP contribution in [0.15, 0.2) is 42.5 Å². The lowest BCUT2D eigenvalue weighted by molar-refractivity contribution is 0.0746. The molecular weight excluding hydrogens is 292 g/mol. The van der Waals surface area contributed by atoms with Gasteiger partial charge >= 0.3 is 0 Å². The number of benzene rings is 2. The molecule has 2 aromatic rings. The van der Waals surface area contributed by atoms with E-state index in [1.807, 2.05) is 6.07 Å². The highest BCUT2D eigenvalue weighted by Crippen LogP contribution is 2.26. The number of hydrogen-bond donors (Lipinski definition) is 2. The van der Waals surface area contributed by atoms with Crippen molar-refractivity contribution in [3.05, 3.63) is 53.6 Å². The van der Waals surface area contributed by atoms with Gasteiger partial charge in [0.2, 0.25) is 0 Å². The van der Waals surface area contributed by atoms with Gasteiger partial charge in [-0.3, -0.25) is 4.79 Å². The molecule has 5 heteroatoms. The van der Waals surface area contributed by atoms with Gasteiger partial charge in [0.15, 0.2) is 11.5 Å². The first-order chi connectivity index (χ1) is 11.0. The average Bonchev–Trinajstić information content (AvgIpc) is 2.57. The number of carbonyl (C=O) groups excluding carboxylic acids is 1. The van der Waals surface area contributed by atoms with Crippen LogP contribution in [-0.2, 0) is 0 Å². The maximum absolute atomic E-state index is 12.5. The van der Waals surface area contributed by atoms with Crippen molar-refractivity contribution < 1.29 is 15.0 Å². The lowest BCUT2D eigenvalue weighted by Gasteiger charge is -2.36. The maximum Gasteiger partial charge on any atom is 0.254 e. The molecule has 0 unspecified atom stereocenters. The fourth-order valence-electron chi connectivity index (χ4n) is 2.83. The Balaban J connectivity index is 1.66. The second-order valence-corrected chi connectivity index (χ2v) is 5.82. The minimum atomic E-state index is -0.269. The number of piperazine rings is 1. The molecule has 0 saturated carbocycles. The van der Waals surface area contributed by atoms with Gasteiger partial charge in [0.25, 0.3) is 5.91 Å². The highest BCUT2D eigenvalue weighted by Gasteiger charge is 2.22. The number of anilines is 1. The fraction of sp³-hybridized carbons (Fsp3) is 0.278. The highest BCUT2D eigenvalue weighted by atomic mass is 16.3. The summed E-state index contributed by atoms with van der Waals surface area (Å²) in [5.41, 5.74) is 2.80. The smallest absolute Gasteiger partial charge is 0.254 e. The van der Waals surface area contributed by atoms with Crippen molar-refractivity contribution in [2.75, 3.05) is 31.1 Å². The number of amides is 1. The highest BCUT2D eigenvalue weighted by molar-refractivity contribution is 5.95. The van der Waals surface area contributed by atoms with Crippen molar-refractivity contribution in [3.8, 4) is 11.5 Å². The number of aromatic hydroxyl groups is 2. The Morgan fingerprint density at radius 3 is 2.35 bits per heavy atom. The number of phenols is 2. The molecule has 0 atom stereocenters. The third-order valence-corrected chi connectivity index (χ3v) is 4.16. The van der Waals surface area contributed by atoms with Crippen molar-refractivity contribution in [2.45, 2.75) is 6.92 Å². The number of aryl methyl sites for hydroxylation is 1. The van der Waals surface area contributed by atoms with E-state index in [0.29, 0.717) is 18.7 Å². The van der Waals surface area contributed by atoms with Crippen molar-refractivity contribution in [3.63, 3.8) is 0 Å². The molecule has 23 heavy (non-hydrogen) atoms. The monoisotopic (exact) mass is 312 g/mol. The second-order valence-electron chi connectivity index (χ2n) is 5.82. The van der Waals surface area contributed by atoms with Gasteiger partial charge in [-0.05, 0) is 42.8 Å². The Kier molecular flexibility index (Phi) is 4.10. The summed E-state index contributed by atoms with van der Waals surface area (Å²) in [7, 11) is 0. The van der Waals surface area contributed by atoms with E-state index in [4.69, 9.17) is 0 Å². The summed E-state index contributed by atoms with van der Waals surface area (Å²) in [4.78, 5) is 16.5. The van der Waals surface area contributed by atoms with Crippen LogP contribution in [0.2, 0.25) is 0 Å². The molecule has 0 aliphatic carbocycles. The zero-order valence-electron chi connectivity index (χ0n) is 13.1. The van der Waals surface area contributed by atoms with Crippen LogP contribution in [0.3, 0.4) is 0 Å². The molecule has 0 spiro atoms. The molecule has 1 fully saturated rings. The van der Waals surface area contributed by atoms with Crippen LogP contribution >= 0.6 is 0 Å². The predicted octanol–water partition coefficient (Wildman–Crippen LogP) is 2.37. The molecule has 1 saturated heterocycles. The molecule has 1 aliphatic heterocycles. The van der Waals surface area contributed by atoms with Gasteiger partial charge in [0, 0.05) is 37.4 Å². The van der Waals surface area contributed by atoms with E-state index >= 15 is 0 Å². The minimum Gasteiger partial charge on any atom is -0.504 e. The molecule has 5 nitrogen and oxygen atoms in total. The summed E-state index contributed by atoms with van der Waals surface area (Å²) in [6.07, 6.45) is 0. The van der Waals surface area contributed by atoms with E-state index in [2.05, 4.69) is 30.0 Å². The fourth-order valence-corrected chi connectivity index (χ4v) is 2.83. The normalized spacial score (nSPS) is 14.8. The molecule has 0 bridgehead atoms. The van der Waals surface area contributed by atoms with Crippen LogP contribution in [-0.4, -0.2) is 47.2 Å². The van der Waals surface area contributed by atoms with E-state index in [1.165, 1.54) is 29.4 Å². The van der Waals surface area contributed by atoms with E-state index in [-0.39, 0.29) is 17.4 Å². The van der Waals surface area contributed by atoms with Crippen LogP contribution in [0.1, 0.15) is 15.9 Å². The Bertz CT molecular complexity index is 722. The Labute approximate surface area is 135 Å². The lowest BCUT2D eigenvalue weighted by Crippen LogP contribution is -2.48. The Morgan fingerprint density at radius 1 is 0.957 bits per heavy atom.